The molecule has 1 aliphatic heterocycles. The third kappa shape index (κ3) is 2.74. The monoisotopic (exact) mass is 277 g/mol. The van der Waals surface area contributed by atoms with Gasteiger partial charge in [-0.3, -0.25) is 0 Å². The van der Waals surface area contributed by atoms with Crippen molar-refractivity contribution in [3.63, 3.8) is 0 Å². The standard InChI is InChI=1S/C14H15NO5/c1-20-13(17)10-2-3-11(12(16)8-10)9-4-6-15(7-5-9)14(18)19/h2-4,8,16H,5-7H2,1H3,(H,18,19). The van der Waals surface area contributed by atoms with Crippen LogP contribution in [0.25, 0.3) is 5.57 Å². The van der Waals surface area contributed by atoms with E-state index >= 15 is 0 Å². The van der Waals surface area contributed by atoms with E-state index in [0.29, 0.717) is 25.1 Å². The molecule has 2 rings (SSSR count). The van der Waals surface area contributed by atoms with Crippen LogP contribution in [0.15, 0.2) is 24.3 Å². The van der Waals surface area contributed by atoms with E-state index in [1.807, 2.05) is 0 Å². The molecule has 0 atom stereocenters. The van der Waals surface area contributed by atoms with Crippen LogP contribution in [0.2, 0.25) is 0 Å². The Kier molecular flexibility index (Phi) is 3.93. The molecule has 0 aliphatic carbocycles. The molecule has 0 spiro atoms. The minimum Gasteiger partial charge on any atom is -0.507 e. The van der Waals surface area contributed by atoms with Gasteiger partial charge in [0.25, 0.3) is 0 Å². The number of amides is 1. The van der Waals surface area contributed by atoms with Crippen molar-refractivity contribution in [2.75, 3.05) is 20.2 Å². The Morgan fingerprint density at radius 3 is 2.60 bits per heavy atom. The van der Waals surface area contributed by atoms with Gasteiger partial charge in [0.05, 0.1) is 12.7 Å². The minimum atomic E-state index is -0.953. The summed E-state index contributed by atoms with van der Waals surface area (Å²) in [5.74, 6) is -0.524. The number of nitrogens with zero attached hydrogens (tertiary/aromatic N) is 1. The highest BCUT2D eigenvalue weighted by atomic mass is 16.5. The summed E-state index contributed by atoms with van der Waals surface area (Å²) in [7, 11) is 1.28. The molecule has 20 heavy (non-hydrogen) atoms. The number of ether oxygens (including phenoxy) is 1. The predicted molar refractivity (Wildman–Crippen MR) is 71.6 cm³/mol. The Labute approximate surface area is 115 Å². The van der Waals surface area contributed by atoms with Gasteiger partial charge in [-0.2, -0.15) is 0 Å². The number of hydrogen-bond acceptors (Lipinski definition) is 4. The van der Waals surface area contributed by atoms with E-state index in [1.165, 1.54) is 18.1 Å². The quantitative estimate of drug-likeness (QED) is 0.807. The molecular weight excluding hydrogens is 262 g/mol. The van der Waals surface area contributed by atoms with E-state index in [-0.39, 0.29) is 11.3 Å². The number of rotatable bonds is 2. The Balaban J connectivity index is 2.22. The van der Waals surface area contributed by atoms with Crippen LogP contribution < -0.4 is 0 Å². The number of hydrogen-bond donors (Lipinski definition) is 2. The normalized spacial score (nSPS) is 14.7. The van der Waals surface area contributed by atoms with Crippen molar-refractivity contribution in [2.45, 2.75) is 6.42 Å². The van der Waals surface area contributed by atoms with E-state index < -0.39 is 12.1 Å². The van der Waals surface area contributed by atoms with Crippen molar-refractivity contribution in [3.8, 4) is 5.75 Å². The van der Waals surface area contributed by atoms with Crippen LogP contribution in [0.4, 0.5) is 4.79 Å². The maximum absolute atomic E-state index is 11.4. The van der Waals surface area contributed by atoms with Crippen molar-refractivity contribution in [1.82, 2.24) is 4.90 Å². The number of carbonyl (C=O) groups excluding carboxylic acids is 1. The number of benzene rings is 1. The zero-order chi connectivity index (χ0) is 14.7. The number of phenols is 1. The molecule has 1 aliphatic rings. The molecule has 106 valence electrons. The zero-order valence-electron chi connectivity index (χ0n) is 11.0. The molecule has 0 aromatic heterocycles. The Hall–Kier alpha value is -2.50. The van der Waals surface area contributed by atoms with Crippen LogP contribution in [0.3, 0.4) is 0 Å². The topological polar surface area (TPSA) is 87.1 Å². The number of carboxylic acid groups (broad SMARTS) is 1. The van der Waals surface area contributed by atoms with Crippen molar-refractivity contribution in [2.24, 2.45) is 0 Å². The van der Waals surface area contributed by atoms with Crippen molar-refractivity contribution in [3.05, 3.63) is 35.4 Å². The maximum Gasteiger partial charge on any atom is 0.407 e. The molecule has 1 aromatic carbocycles. The number of esters is 1. The first-order valence-corrected chi connectivity index (χ1v) is 6.11. The SMILES string of the molecule is COC(=O)c1ccc(C2=CCN(C(=O)O)CC2)c(O)c1. The Morgan fingerprint density at radius 2 is 2.10 bits per heavy atom. The molecule has 1 aromatic rings. The lowest BCUT2D eigenvalue weighted by molar-refractivity contribution is 0.0600. The lowest BCUT2D eigenvalue weighted by Crippen LogP contribution is -2.33. The molecule has 0 fully saturated rings. The van der Waals surface area contributed by atoms with Crippen LogP contribution in [-0.2, 0) is 4.74 Å². The van der Waals surface area contributed by atoms with E-state index in [0.717, 1.165) is 5.57 Å². The smallest absolute Gasteiger partial charge is 0.407 e. The number of methoxy groups -OCH3 is 1. The summed E-state index contributed by atoms with van der Waals surface area (Å²) in [6.07, 6.45) is 1.34. The molecule has 0 unspecified atom stereocenters. The molecule has 1 heterocycles. The summed E-state index contributed by atoms with van der Waals surface area (Å²) >= 11 is 0. The number of aromatic hydroxyl groups is 1. The van der Waals surface area contributed by atoms with Crippen molar-refractivity contribution in [1.29, 1.82) is 0 Å². The van der Waals surface area contributed by atoms with Crippen LogP contribution in [0, 0.1) is 0 Å². The molecule has 0 radical (unpaired) electrons. The summed E-state index contributed by atoms with van der Waals surface area (Å²) < 4.78 is 4.58. The van der Waals surface area contributed by atoms with E-state index in [4.69, 9.17) is 5.11 Å². The lowest BCUT2D eigenvalue weighted by atomic mass is 9.97. The second-order valence-electron chi connectivity index (χ2n) is 4.43. The molecular formula is C14H15NO5. The van der Waals surface area contributed by atoms with Crippen LogP contribution in [0.5, 0.6) is 5.75 Å². The minimum absolute atomic E-state index is 0.0112. The summed E-state index contributed by atoms with van der Waals surface area (Å²) in [5, 5.41) is 18.9. The van der Waals surface area contributed by atoms with E-state index in [9.17, 15) is 14.7 Å². The molecule has 0 bridgehead atoms. The Morgan fingerprint density at radius 1 is 1.35 bits per heavy atom. The molecule has 0 saturated heterocycles. The average Bonchev–Trinajstić information content (AvgIpc) is 2.46. The fourth-order valence-corrected chi connectivity index (χ4v) is 2.14. The first kappa shape index (κ1) is 13.9. The van der Waals surface area contributed by atoms with E-state index in [1.54, 1.807) is 18.2 Å². The molecule has 6 nitrogen and oxygen atoms in total. The second-order valence-corrected chi connectivity index (χ2v) is 4.43. The number of phenolic OH excluding ortho intramolecular Hbond substituents is 1. The molecule has 2 N–H and O–H groups in total. The van der Waals surface area contributed by atoms with Crippen LogP contribution in [-0.4, -0.2) is 47.4 Å². The molecule has 1 amide bonds. The predicted octanol–water partition coefficient (Wildman–Crippen LogP) is 1.95. The van der Waals surface area contributed by atoms with Gasteiger partial charge in [0.15, 0.2) is 0 Å². The zero-order valence-corrected chi connectivity index (χ0v) is 11.0. The fourth-order valence-electron chi connectivity index (χ4n) is 2.14. The van der Waals surface area contributed by atoms with Gasteiger partial charge in [0, 0.05) is 18.7 Å². The van der Waals surface area contributed by atoms with Crippen molar-refractivity contribution < 1.29 is 24.5 Å². The van der Waals surface area contributed by atoms with Crippen LogP contribution in [0.1, 0.15) is 22.3 Å². The van der Waals surface area contributed by atoms with Gasteiger partial charge in [-0.25, -0.2) is 9.59 Å². The second kappa shape index (κ2) is 5.64. The van der Waals surface area contributed by atoms with Gasteiger partial charge in [-0.15, -0.1) is 0 Å². The van der Waals surface area contributed by atoms with Gasteiger partial charge in [-0.1, -0.05) is 12.1 Å². The maximum atomic E-state index is 11.4. The van der Waals surface area contributed by atoms with Gasteiger partial charge in [0.1, 0.15) is 5.75 Å². The molecule has 0 saturated carbocycles. The van der Waals surface area contributed by atoms with Crippen molar-refractivity contribution >= 4 is 17.6 Å². The molecule has 6 heteroatoms. The summed E-state index contributed by atoms with van der Waals surface area (Å²) in [4.78, 5) is 23.5. The van der Waals surface area contributed by atoms with Gasteiger partial charge < -0.3 is 19.8 Å². The third-order valence-electron chi connectivity index (χ3n) is 3.24. The average molecular weight is 277 g/mol. The van der Waals surface area contributed by atoms with E-state index in [2.05, 4.69) is 4.74 Å². The summed E-state index contributed by atoms with van der Waals surface area (Å²) in [6.45, 7) is 0.683. The summed E-state index contributed by atoms with van der Waals surface area (Å²) in [6, 6.07) is 4.57. The summed E-state index contributed by atoms with van der Waals surface area (Å²) in [5.41, 5.74) is 1.76. The Bertz CT molecular complexity index is 579. The van der Waals surface area contributed by atoms with Gasteiger partial charge >= 0.3 is 12.1 Å². The number of carbonyl (C=O) groups is 2. The van der Waals surface area contributed by atoms with Gasteiger partial charge in [-0.05, 0) is 24.1 Å². The largest absolute Gasteiger partial charge is 0.507 e. The first-order valence-electron chi connectivity index (χ1n) is 6.11. The highest BCUT2D eigenvalue weighted by Gasteiger charge is 2.19. The van der Waals surface area contributed by atoms with Gasteiger partial charge in [0.2, 0.25) is 0 Å². The fraction of sp³-hybridized carbons (Fsp3) is 0.286. The third-order valence-corrected chi connectivity index (χ3v) is 3.24. The first-order chi connectivity index (χ1) is 9.52. The highest BCUT2D eigenvalue weighted by Crippen LogP contribution is 2.30. The lowest BCUT2D eigenvalue weighted by Gasteiger charge is -2.24. The van der Waals surface area contributed by atoms with Crippen LogP contribution >= 0.6 is 0 Å². The highest BCUT2D eigenvalue weighted by molar-refractivity contribution is 5.90.